The van der Waals surface area contributed by atoms with E-state index in [1.807, 2.05) is 68.4 Å². The molecule has 2 aromatic rings. The highest BCUT2D eigenvalue weighted by Crippen LogP contribution is 2.15. The van der Waals surface area contributed by atoms with Crippen LogP contribution in [0, 0.1) is 9.49 Å². The number of nitrogens with one attached hydrogen (secondary N) is 2. The minimum absolute atomic E-state index is 0.0971. The first-order chi connectivity index (χ1) is 15.3. The number of hydrogen-bond acceptors (Lipinski definition) is 5. The predicted molar refractivity (Wildman–Crippen MR) is 130 cm³/mol. The van der Waals surface area contributed by atoms with E-state index < -0.39 is 30.1 Å². The van der Waals surface area contributed by atoms with Gasteiger partial charge in [-0.2, -0.15) is 0 Å². The van der Waals surface area contributed by atoms with Crippen molar-refractivity contribution in [1.29, 1.82) is 0 Å². The summed E-state index contributed by atoms with van der Waals surface area (Å²) < 4.78 is 11.1. The minimum Gasteiger partial charge on any atom is -0.467 e. The summed E-state index contributed by atoms with van der Waals surface area (Å²) in [5.74, 6) is -0.878. The maximum atomic E-state index is 13.0. The number of benzene rings is 2. The quantitative estimate of drug-likeness (QED) is 0.345. The van der Waals surface area contributed by atoms with Gasteiger partial charge in [-0.15, -0.1) is 0 Å². The Hall–Kier alpha value is -2.62. The van der Waals surface area contributed by atoms with Crippen LogP contribution in [-0.4, -0.2) is 37.2 Å². The molecule has 0 saturated carbocycles. The molecule has 0 radical (unpaired) electrons. The molecule has 172 valence electrons. The summed E-state index contributed by atoms with van der Waals surface area (Å²) >= 11 is 2.18. The summed E-state index contributed by atoms with van der Waals surface area (Å²) in [6, 6.07) is 15.2. The van der Waals surface area contributed by atoms with E-state index in [2.05, 4.69) is 33.2 Å². The Morgan fingerprint density at radius 3 is 2.22 bits per heavy atom. The molecule has 0 aromatic heterocycles. The largest absolute Gasteiger partial charge is 0.467 e. The number of hydrogen-bond donors (Lipinski definition) is 2. The van der Waals surface area contributed by atoms with Crippen LogP contribution in [-0.2, 0) is 32.1 Å². The molecule has 2 N–H and O–H groups in total. The van der Waals surface area contributed by atoms with Crippen molar-refractivity contribution in [2.45, 2.75) is 45.4 Å². The number of amides is 2. The Labute approximate surface area is 202 Å². The van der Waals surface area contributed by atoms with Gasteiger partial charge in [0.05, 0.1) is 7.11 Å². The Morgan fingerprint density at radius 1 is 0.938 bits per heavy atom. The van der Waals surface area contributed by atoms with Crippen LogP contribution in [0.15, 0.2) is 54.6 Å². The number of halogens is 1. The number of rotatable bonds is 10. The number of carbonyl (C=O) groups excluding carboxylic acids is 3. The molecule has 0 bridgehead atoms. The van der Waals surface area contributed by atoms with E-state index in [9.17, 15) is 14.4 Å². The van der Waals surface area contributed by atoms with Crippen molar-refractivity contribution in [3.8, 4) is 0 Å². The second kappa shape index (κ2) is 13.0. The molecule has 8 heteroatoms. The molecule has 0 aliphatic rings. The number of methoxy groups -OCH3 is 1. The maximum absolute atomic E-state index is 13.0. The molecule has 2 amide bonds. The standard InChI is InChI=1S/C24H29IN2O5/c1-16(2)13-20(27-24(30)32-15-17-9-5-4-6-10-17)22(28)26-21(23(29)31-3)14-18-11-7-8-12-19(18)25/h4-12,16,20-21H,13-15H2,1-3H3,(H,26,28)(H,27,30)/t20-,21+/m0/s1. The minimum atomic E-state index is -0.875. The second-order valence-electron chi connectivity index (χ2n) is 7.77. The Kier molecular flexibility index (Phi) is 10.5. The van der Waals surface area contributed by atoms with Gasteiger partial charge in [-0.05, 0) is 52.1 Å². The van der Waals surface area contributed by atoms with Gasteiger partial charge in [-0.1, -0.05) is 62.4 Å². The van der Waals surface area contributed by atoms with Crippen LogP contribution in [0.1, 0.15) is 31.4 Å². The average Bonchev–Trinajstić information content (AvgIpc) is 2.78. The first-order valence-electron chi connectivity index (χ1n) is 10.4. The molecule has 7 nitrogen and oxygen atoms in total. The summed E-state index contributed by atoms with van der Waals surface area (Å²) in [6.45, 7) is 3.99. The summed E-state index contributed by atoms with van der Waals surface area (Å²) in [4.78, 5) is 37.7. The Balaban J connectivity index is 2.05. The molecule has 0 heterocycles. The van der Waals surface area contributed by atoms with Crippen molar-refractivity contribution in [3.63, 3.8) is 0 Å². The summed E-state index contributed by atoms with van der Waals surface area (Å²) in [6.07, 6.45) is -0.0187. The molecular formula is C24H29IN2O5. The highest BCUT2D eigenvalue weighted by atomic mass is 127. The predicted octanol–water partition coefficient (Wildman–Crippen LogP) is 3.83. The van der Waals surface area contributed by atoms with Gasteiger partial charge in [0.15, 0.2) is 0 Å². The first kappa shape index (κ1) is 25.6. The van der Waals surface area contributed by atoms with Crippen molar-refractivity contribution >= 4 is 40.6 Å². The highest BCUT2D eigenvalue weighted by Gasteiger charge is 2.28. The van der Waals surface area contributed by atoms with E-state index in [1.54, 1.807) is 0 Å². The lowest BCUT2D eigenvalue weighted by Gasteiger charge is -2.23. The van der Waals surface area contributed by atoms with Gasteiger partial charge in [-0.25, -0.2) is 9.59 Å². The molecule has 0 aliphatic carbocycles. The van der Waals surface area contributed by atoms with Crippen LogP contribution in [0.4, 0.5) is 4.79 Å². The zero-order valence-corrected chi connectivity index (χ0v) is 20.6. The van der Waals surface area contributed by atoms with Crippen LogP contribution >= 0.6 is 22.6 Å². The summed E-state index contributed by atoms with van der Waals surface area (Å²) in [5, 5.41) is 5.37. The summed E-state index contributed by atoms with van der Waals surface area (Å²) in [5.41, 5.74) is 1.76. The van der Waals surface area contributed by atoms with Gasteiger partial charge in [0.25, 0.3) is 0 Å². The van der Waals surface area contributed by atoms with E-state index >= 15 is 0 Å². The molecule has 32 heavy (non-hydrogen) atoms. The average molecular weight is 552 g/mol. The van der Waals surface area contributed by atoms with Crippen LogP contribution in [0.3, 0.4) is 0 Å². The summed E-state index contributed by atoms with van der Waals surface area (Å²) in [7, 11) is 1.28. The highest BCUT2D eigenvalue weighted by molar-refractivity contribution is 14.1. The Morgan fingerprint density at radius 2 is 1.59 bits per heavy atom. The van der Waals surface area contributed by atoms with Crippen molar-refractivity contribution in [1.82, 2.24) is 10.6 Å². The third-order valence-corrected chi connectivity index (χ3v) is 5.76. The van der Waals surface area contributed by atoms with Crippen LogP contribution in [0.5, 0.6) is 0 Å². The van der Waals surface area contributed by atoms with E-state index in [-0.39, 0.29) is 18.9 Å². The van der Waals surface area contributed by atoms with E-state index in [0.717, 1.165) is 14.7 Å². The van der Waals surface area contributed by atoms with Crippen LogP contribution in [0.25, 0.3) is 0 Å². The lowest BCUT2D eigenvalue weighted by molar-refractivity contribution is -0.145. The van der Waals surface area contributed by atoms with Crippen molar-refractivity contribution in [2.24, 2.45) is 5.92 Å². The number of ether oxygens (including phenoxy) is 2. The zero-order valence-electron chi connectivity index (χ0n) is 18.5. The SMILES string of the molecule is COC(=O)[C@@H](Cc1ccccc1I)NC(=O)[C@H](CC(C)C)NC(=O)OCc1ccccc1. The number of alkyl carbamates (subject to hydrolysis) is 1. The fourth-order valence-corrected chi connectivity index (χ4v) is 3.71. The molecular weight excluding hydrogens is 523 g/mol. The molecule has 0 unspecified atom stereocenters. The van der Waals surface area contributed by atoms with Gasteiger partial charge in [0.2, 0.25) is 5.91 Å². The van der Waals surface area contributed by atoms with E-state index in [1.165, 1.54) is 7.11 Å². The fraction of sp³-hybridized carbons (Fsp3) is 0.375. The van der Waals surface area contributed by atoms with Gasteiger partial charge >= 0.3 is 12.1 Å². The number of carbonyl (C=O) groups is 3. The molecule has 0 spiro atoms. The molecule has 0 saturated heterocycles. The van der Waals surface area contributed by atoms with Gasteiger partial charge in [-0.3, -0.25) is 4.79 Å². The lowest BCUT2D eigenvalue weighted by Crippen LogP contribution is -2.53. The number of esters is 1. The topological polar surface area (TPSA) is 93.7 Å². The second-order valence-corrected chi connectivity index (χ2v) is 8.93. The van der Waals surface area contributed by atoms with Gasteiger partial charge in [0, 0.05) is 9.99 Å². The molecule has 2 rings (SSSR count). The van der Waals surface area contributed by atoms with Crippen molar-refractivity contribution in [2.75, 3.05) is 7.11 Å². The van der Waals surface area contributed by atoms with Crippen molar-refractivity contribution < 1.29 is 23.9 Å². The van der Waals surface area contributed by atoms with Crippen molar-refractivity contribution in [3.05, 3.63) is 69.3 Å². The third-order valence-electron chi connectivity index (χ3n) is 4.71. The van der Waals surface area contributed by atoms with Crippen LogP contribution in [0.2, 0.25) is 0 Å². The monoisotopic (exact) mass is 552 g/mol. The van der Waals surface area contributed by atoms with Crippen LogP contribution < -0.4 is 10.6 Å². The molecule has 0 aliphatic heterocycles. The third kappa shape index (κ3) is 8.49. The molecule has 2 atom stereocenters. The Bertz CT molecular complexity index is 904. The molecule has 0 fully saturated rings. The smallest absolute Gasteiger partial charge is 0.408 e. The maximum Gasteiger partial charge on any atom is 0.408 e. The zero-order chi connectivity index (χ0) is 23.5. The normalized spacial score (nSPS) is 12.5. The van der Waals surface area contributed by atoms with E-state index in [0.29, 0.717) is 6.42 Å². The van der Waals surface area contributed by atoms with Gasteiger partial charge < -0.3 is 20.1 Å². The lowest BCUT2D eigenvalue weighted by atomic mass is 10.0. The van der Waals surface area contributed by atoms with Gasteiger partial charge in [0.1, 0.15) is 18.7 Å². The van der Waals surface area contributed by atoms with E-state index in [4.69, 9.17) is 9.47 Å². The fourth-order valence-electron chi connectivity index (χ4n) is 3.10. The first-order valence-corrected chi connectivity index (χ1v) is 11.5. The molecule has 2 aromatic carbocycles.